The van der Waals surface area contributed by atoms with Gasteiger partial charge in [-0.05, 0) is 12.8 Å². The summed E-state index contributed by atoms with van der Waals surface area (Å²) < 4.78 is 2.07. The number of nitrogens with zero attached hydrogens (tertiary/aromatic N) is 5. The van der Waals surface area contributed by atoms with Gasteiger partial charge in [-0.1, -0.05) is 48.3 Å². The van der Waals surface area contributed by atoms with Crippen LogP contribution in [0.5, 0.6) is 0 Å². The second-order valence-corrected chi connectivity index (χ2v) is 8.73. The number of aryl methyl sites for hydroxylation is 1. The maximum absolute atomic E-state index is 12.2. The number of hydrogen-bond acceptors (Lipinski definition) is 9. The molecule has 1 amide bonds. The second-order valence-electron chi connectivity index (χ2n) is 5.49. The Labute approximate surface area is 162 Å². The van der Waals surface area contributed by atoms with Crippen molar-refractivity contribution >= 4 is 50.4 Å². The summed E-state index contributed by atoms with van der Waals surface area (Å²) >= 11 is 4.20. The molecule has 0 bridgehead atoms. The van der Waals surface area contributed by atoms with Gasteiger partial charge >= 0.3 is 0 Å². The fraction of sp³-hybridized carbons (Fsp3) is 0.467. The van der Waals surface area contributed by atoms with E-state index in [1.165, 1.54) is 45.0 Å². The van der Waals surface area contributed by atoms with E-state index in [-0.39, 0.29) is 11.5 Å². The zero-order chi connectivity index (χ0) is 18.5. The zero-order valence-electron chi connectivity index (χ0n) is 14.4. The predicted molar refractivity (Wildman–Crippen MR) is 104 cm³/mol. The quantitative estimate of drug-likeness (QED) is 0.450. The maximum Gasteiger partial charge on any atom is 0.275 e. The molecule has 3 rings (SSSR count). The number of carbonyl (C=O) groups is 1. The van der Waals surface area contributed by atoms with Crippen molar-refractivity contribution in [2.45, 2.75) is 49.6 Å². The monoisotopic (exact) mass is 410 g/mol. The third-order valence-electron chi connectivity index (χ3n) is 3.28. The molecule has 26 heavy (non-hydrogen) atoms. The molecule has 3 heterocycles. The third-order valence-corrected chi connectivity index (χ3v) is 6.25. The van der Waals surface area contributed by atoms with Crippen LogP contribution in [-0.2, 0) is 17.0 Å². The van der Waals surface area contributed by atoms with Gasteiger partial charge in [-0.25, -0.2) is 4.98 Å². The van der Waals surface area contributed by atoms with Gasteiger partial charge in [0.25, 0.3) is 5.56 Å². The van der Waals surface area contributed by atoms with Gasteiger partial charge < -0.3 is 5.32 Å². The Morgan fingerprint density at radius 3 is 2.88 bits per heavy atom. The fourth-order valence-corrected chi connectivity index (χ4v) is 4.83. The minimum Gasteiger partial charge on any atom is -0.301 e. The molecule has 8 nitrogen and oxygen atoms in total. The Bertz CT molecular complexity index is 964. The molecule has 0 atom stereocenters. The predicted octanol–water partition coefficient (Wildman–Crippen LogP) is 2.99. The molecule has 0 aliphatic rings. The Morgan fingerprint density at radius 2 is 2.12 bits per heavy atom. The van der Waals surface area contributed by atoms with Crippen molar-refractivity contribution in [2.75, 3.05) is 5.32 Å². The zero-order valence-corrected chi connectivity index (χ0v) is 16.8. The standard InChI is InChI=1S/C15H18N6O2S3/c1-3-5-10(22)17-13-18-19-15(26-13)24-8-9-7-12(23)21-14(16-9)25-11(20-21)6-4-2/h7H,3-6,8H2,1-2H3,(H,17,18,22). The van der Waals surface area contributed by atoms with Gasteiger partial charge in [0.15, 0.2) is 4.34 Å². The highest BCUT2D eigenvalue weighted by Gasteiger charge is 2.11. The summed E-state index contributed by atoms with van der Waals surface area (Å²) in [6, 6.07) is 1.50. The minimum atomic E-state index is -0.172. The molecule has 0 fully saturated rings. The lowest BCUT2D eigenvalue weighted by Gasteiger charge is -1.98. The summed E-state index contributed by atoms with van der Waals surface area (Å²) in [6.45, 7) is 4.02. The van der Waals surface area contributed by atoms with E-state index in [4.69, 9.17) is 0 Å². The van der Waals surface area contributed by atoms with Crippen LogP contribution in [0.2, 0.25) is 0 Å². The molecule has 0 saturated carbocycles. The van der Waals surface area contributed by atoms with Gasteiger partial charge in [0.2, 0.25) is 16.0 Å². The first-order valence-electron chi connectivity index (χ1n) is 8.24. The number of aromatic nitrogens is 5. The number of fused-ring (bicyclic) bond motifs is 1. The molecule has 11 heteroatoms. The average Bonchev–Trinajstić information content (AvgIpc) is 3.20. The van der Waals surface area contributed by atoms with Crippen LogP contribution in [0.3, 0.4) is 0 Å². The van der Waals surface area contributed by atoms with Crippen molar-refractivity contribution in [3.05, 3.63) is 27.1 Å². The maximum atomic E-state index is 12.2. The first-order valence-corrected chi connectivity index (χ1v) is 10.9. The lowest BCUT2D eigenvalue weighted by molar-refractivity contribution is -0.116. The molecule has 0 saturated heterocycles. The van der Waals surface area contributed by atoms with Crippen LogP contribution in [0.4, 0.5) is 5.13 Å². The van der Waals surface area contributed by atoms with Crippen LogP contribution < -0.4 is 10.9 Å². The van der Waals surface area contributed by atoms with E-state index < -0.39 is 0 Å². The van der Waals surface area contributed by atoms with E-state index in [9.17, 15) is 9.59 Å². The summed E-state index contributed by atoms with van der Waals surface area (Å²) in [5, 5.41) is 16.4. The Balaban J connectivity index is 1.67. The lowest BCUT2D eigenvalue weighted by atomic mass is 10.3. The number of hydrogen-bond donors (Lipinski definition) is 1. The molecule has 0 aliphatic heterocycles. The SMILES string of the molecule is CCCC(=O)Nc1nnc(SCc2cc(=O)n3nc(CCC)sc3n2)s1. The van der Waals surface area contributed by atoms with Crippen molar-refractivity contribution in [1.82, 2.24) is 24.8 Å². The van der Waals surface area contributed by atoms with E-state index in [0.29, 0.717) is 28.0 Å². The van der Waals surface area contributed by atoms with Gasteiger partial charge in [-0.2, -0.15) is 9.61 Å². The molecule has 1 N–H and O–H groups in total. The number of carbonyl (C=O) groups excluding carboxylic acids is 1. The topological polar surface area (TPSA) is 102 Å². The number of nitrogens with one attached hydrogen (secondary N) is 1. The van der Waals surface area contributed by atoms with Gasteiger partial charge in [-0.15, -0.1) is 10.2 Å². The first-order chi connectivity index (χ1) is 12.6. The number of anilines is 1. The highest BCUT2D eigenvalue weighted by atomic mass is 32.2. The highest BCUT2D eigenvalue weighted by Crippen LogP contribution is 2.28. The van der Waals surface area contributed by atoms with Crippen LogP contribution in [0.25, 0.3) is 4.96 Å². The molecule has 3 aromatic rings. The lowest BCUT2D eigenvalue weighted by Crippen LogP contribution is -2.15. The summed E-state index contributed by atoms with van der Waals surface area (Å²) in [5.41, 5.74) is 0.507. The second kappa shape index (κ2) is 8.69. The van der Waals surface area contributed by atoms with Crippen molar-refractivity contribution in [3.63, 3.8) is 0 Å². The molecule has 138 valence electrons. The molecule has 0 spiro atoms. The minimum absolute atomic E-state index is 0.0616. The van der Waals surface area contributed by atoms with Crippen LogP contribution in [0.15, 0.2) is 15.2 Å². The fourth-order valence-electron chi connectivity index (χ4n) is 2.15. The molecule has 0 unspecified atom stereocenters. The Hall–Kier alpha value is -1.85. The summed E-state index contributed by atoms with van der Waals surface area (Å²) in [7, 11) is 0. The van der Waals surface area contributed by atoms with Gasteiger partial charge in [0.1, 0.15) is 5.01 Å². The smallest absolute Gasteiger partial charge is 0.275 e. The van der Waals surface area contributed by atoms with Crippen LogP contribution in [0, 0.1) is 0 Å². The Kier molecular flexibility index (Phi) is 6.33. The van der Waals surface area contributed by atoms with Crippen molar-refractivity contribution in [1.29, 1.82) is 0 Å². The van der Waals surface area contributed by atoms with Gasteiger partial charge in [-0.3, -0.25) is 9.59 Å². The van der Waals surface area contributed by atoms with Crippen LogP contribution in [-0.4, -0.2) is 30.7 Å². The molecule has 0 aliphatic carbocycles. The number of thioether (sulfide) groups is 1. The summed E-state index contributed by atoms with van der Waals surface area (Å²) in [5.74, 6) is 0.443. The van der Waals surface area contributed by atoms with Crippen LogP contribution >= 0.6 is 34.4 Å². The normalized spacial score (nSPS) is 11.2. The summed E-state index contributed by atoms with van der Waals surface area (Å²) in [6.07, 6.45) is 3.07. The van der Waals surface area contributed by atoms with E-state index in [1.54, 1.807) is 0 Å². The molecule has 0 radical (unpaired) electrons. The van der Waals surface area contributed by atoms with E-state index in [0.717, 1.165) is 28.6 Å². The molecular formula is C15H18N6O2S3. The third kappa shape index (κ3) is 4.65. The van der Waals surface area contributed by atoms with Crippen molar-refractivity contribution in [2.24, 2.45) is 0 Å². The van der Waals surface area contributed by atoms with Crippen LogP contribution in [0.1, 0.15) is 43.8 Å². The van der Waals surface area contributed by atoms with Crippen molar-refractivity contribution < 1.29 is 4.79 Å². The van der Waals surface area contributed by atoms with Gasteiger partial charge in [0.05, 0.1) is 5.69 Å². The van der Waals surface area contributed by atoms with E-state index >= 15 is 0 Å². The average molecular weight is 411 g/mol. The first kappa shape index (κ1) is 18.9. The van der Waals surface area contributed by atoms with E-state index in [1.807, 2.05) is 6.92 Å². The van der Waals surface area contributed by atoms with Crippen molar-refractivity contribution in [3.8, 4) is 0 Å². The largest absolute Gasteiger partial charge is 0.301 e. The highest BCUT2D eigenvalue weighted by molar-refractivity contribution is 8.00. The molecular weight excluding hydrogens is 392 g/mol. The Morgan fingerprint density at radius 1 is 1.27 bits per heavy atom. The number of amides is 1. The molecule has 3 aromatic heterocycles. The summed E-state index contributed by atoms with van der Waals surface area (Å²) in [4.78, 5) is 28.9. The number of rotatable bonds is 8. The molecule has 0 aromatic carbocycles. The van der Waals surface area contributed by atoms with E-state index in [2.05, 4.69) is 32.5 Å². The van der Waals surface area contributed by atoms with Gasteiger partial charge in [0, 0.05) is 24.7 Å².